The van der Waals surface area contributed by atoms with E-state index < -0.39 is 40.9 Å². The number of hydrogen-bond donors (Lipinski definition) is 1. The monoisotopic (exact) mass is 717 g/mol. The summed E-state index contributed by atoms with van der Waals surface area (Å²) in [7, 11) is 0. The van der Waals surface area contributed by atoms with Gasteiger partial charge in [-0.15, -0.1) is 0 Å². The predicted octanol–water partition coefficient (Wildman–Crippen LogP) is 6.29. The first-order valence-electron chi connectivity index (χ1n) is 17.0. The second-order valence-electron chi connectivity index (χ2n) is 14.2. The Bertz CT molecular complexity index is 2130. The van der Waals surface area contributed by atoms with E-state index in [9.17, 15) is 22.8 Å². The van der Waals surface area contributed by atoms with Crippen LogP contribution in [0.15, 0.2) is 59.5 Å². The zero-order valence-electron chi connectivity index (χ0n) is 29.4. The Morgan fingerprint density at radius 3 is 2.35 bits per heavy atom. The molecule has 2 aliphatic rings. The van der Waals surface area contributed by atoms with Crippen LogP contribution in [0.5, 0.6) is 0 Å². The fraction of sp³-hybridized carbons (Fsp3) is 0.417. The van der Waals surface area contributed by atoms with Crippen LogP contribution >= 0.6 is 0 Å². The van der Waals surface area contributed by atoms with E-state index in [1.165, 1.54) is 0 Å². The van der Waals surface area contributed by atoms with Gasteiger partial charge < -0.3 is 24.4 Å². The molecule has 0 bridgehead atoms. The highest BCUT2D eigenvalue weighted by Gasteiger charge is 2.68. The normalized spacial score (nSPS) is 16.5. The Labute approximate surface area is 297 Å². The van der Waals surface area contributed by atoms with Crippen molar-refractivity contribution in [2.75, 3.05) is 31.1 Å². The predicted molar refractivity (Wildman–Crippen MR) is 184 cm³/mol. The number of aryl methyl sites for hydroxylation is 1. The first-order valence-corrected chi connectivity index (χ1v) is 17.0. The molecule has 272 valence electrons. The fourth-order valence-electron chi connectivity index (χ4n) is 6.34. The van der Waals surface area contributed by atoms with Crippen molar-refractivity contribution in [1.29, 1.82) is 0 Å². The molecule has 13 nitrogen and oxygen atoms in total. The van der Waals surface area contributed by atoms with Gasteiger partial charge in [-0.2, -0.15) is 18.2 Å². The second kappa shape index (κ2) is 12.9. The molecule has 1 N–H and O–H groups in total. The molecule has 1 atom stereocenters. The van der Waals surface area contributed by atoms with Gasteiger partial charge in [-0.3, -0.25) is 9.20 Å². The number of carbonyl (C=O) groups is 2. The molecule has 5 aromatic rings. The number of rotatable bonds is 7. The van der Waals surface area contributed by atoms with Gasteiger partial charge >= 0.3 is 12.3 Å². The molecule has 16 heteroatoms. The molecular weight excluding hydrogens is 679 g/mol. The summed E-state index contributed by atoms with van der Waals surface area (Å²) in [5.74, 6) is -0.313. The summed E-state index contributed by atoms with van der Waals surface area (Å²) in [5.41, 5.74) is 1.93. The van der Waals surface area contributed by atoms with Crippen LogP contribution in [0.2, 0.25) is 0 Å². The molecule has 1 saturated heterocycles. The van der Waals surface area contributed by atoms with E-state index in [0.29, 0.717) is 43.3 Å². The van der Waals surface area contributed by atoms with Crippen molar-refractivity contribution in [3.05, 3.63) is 77.8 Å². The van der Waals surface area contributed by atoms with E-state index in [1.54, 1.807) is 24.2 Å². The van der Waals surface area contributed by atoms with Crippen molar-refractivity contribution in [2.45, 2.75) is 70.7 Å². The topological polar surface area (TPSA) is 144 Å². The van der Waals surface area contributed by atoms with E-state index in [1.807, 2.05) is 74.7 Å². The summed E-state index contributed by atoms with van der Waals surface area (Å²) >= 11 is 0. The van der Waals surface area contributed by atoms with E-state index >= 15 is 0 Å². The van der Waals surface area contributed by atoms with Crippen molar-refractivity contribution in [1.82, 2.24) is 39.7 Å². The third-order valence-electron chi connectivity index (χ3n) is 9.36. The smallest absolute Gasteiger partial charge is 0.410 e. The molecule has 1 aromatic carbocycles. The molecule has 52 heavy (non-hydrogen) atoms. The third kappa shape index (κ3) is 6.76. The average molecular weight is 718 g/mol. The number of alkyl halides is 3. The Hall–Kier alpha value is -5.54. The maximum absolute atomic E-state index is 13.5. The summed E-state index contributed by atoms with van der Waals surface area (Å²) in [6.07, 6.45) is 0.173. The summed E-state index contributed by atoms with van der Waals surface area (Å²) in [4.78, 5) is 47.2. The van der Waals surface area contributed by atoms with Gasteiger partial charge in [0.25, 0.3) is 11.7 Å². The third-order valence-corrected chi connectivity index (χ3v) is 9.36. The van der Waals surface area contributed by atoms with Crippen LogP contribution in [0.1, 0.15) is 74.2 Å². The summed E-state index contributed by atoms with van der Waals surface area (Å²) in [5, 5.41) is 6.29. The van der Waals surface area contributed by atoms with Gasteiger partial charge in [-0.05, 0) is 76.8 Å². The number of imidazole rings is 1. The van der Waals surface area contributed by atoms with E-state index in [2.05, 4.69) is 25.3 Å². The molecule has 2 fully saturated rings. The lowest BCUT2D eigenvalue weighted by Gasteiger charge is -2.36. The highest BCUT2D eigenvalue weighted by molar-refractivity contribution is 5.90. The van der Waals surface area contributed by atoms with Crippen LogP contribution in [-0.2, 0) is 10.2 Å². The quantitative estimate of drug-likeness (QED) is 0.204. The van der Waals surface area contributed by atoms with Gasteiger partial charge in [0, 0.05) is 62.0 Å². The summed E-state index contributed by atoms with van der Waals surface area (Å²) < 4.78 is 52.7. The lowest BCUT2D eigenvalue weighted by Crippen LogP contribution is -2.50. The minimum absolute atomic E-state index is 0.147. The highest BCUT2D eigenvalue weighted by atomic mass is 19.4. The number of nitrogens with zero attached hydrogens (tertiary/aromatic N) is 8. The Kier molecular flexibility index (Phi) is 8.66. The van der Waals surface area contributed by atoms with E-state index in [4.69, 9.17) is 19.2 Å². The lowest BCUT2D eigenvalue weighted by atomic mass is 9.99. The largest absolute Gasteiger partial charge is 0.444 e. The van der Waals surface area contributed by atoms with Crippen molar-refractivity contribution >= 4 is 23.5 Å². The van der Waals surface area contributed by atoms with Crippen molar-refractivity contribution in [3.63, 3.8) is 0 Å². The van der Waals surface area contributed by atoms with Crippen LogP contribution in [0, 0.1) is 6.92 Å². The number of hydrogen-bond acceptors (Lipinski definition) is 10. The molecule has 2 amide bonds. The lowest BCUT2D eigenvalue weighted by molar-refractivity contribution is -0.166. The van der Waals surface area contributed by atoms with Gasteiger partial charge in [-0.1, -0.05) is 17.3 Å². The molecule has 1 aliphatic carbocycles. The van der Waals surface area contributed by atoms with Crippen molar-refractivity contribution in [2.24, 2.45) is 0 Å². The Morgan fingerprint density at radius 2 is 1.71 bits per heavy atom. The maximum atomic E-state index is 13.5. The number of nitrogens with one attached hydrogen (secondary N) is 1. The average Bonchev–Trinajstić information content (AvgIpc) is 3.53. The van der Waals surface area contributed by atoms with E-state index in [0.717, 1.165) is 28.1 Å². The van der Waals surface area contributed by atoms with E-state index in [-0.39, 0.29) is 18.9 Å². The number of benzene rings is 1. The number of ether oxygens (including phenoxy) is 1. The molecule has 4 aromatic heterocycles. The Morgan fingerprint density at radius 1 is 0.981 bits per heavy atom. The SMILES string of the molecule is Cc1cc(-c2nc(-c3ccc(N4CCN(C(=O)OC(C)(C)C)CC4)nc3)cc3nccn23)ccc1[C@@H](C)NC(=O)c1noc(C2(C(F)(F)F)CC2)n1. The number of pyridine rings is 1. The first kappa shape index (κ1) is 34.9. The molecular formula is C36H38F3N9O4. The number of amides is 2. The van der Waals surface area contributed by atoms with Gasteiger partial charge in [0.05, 0.1) is 11.7 Å². The highest BCUT2D eigenvalue weighted by Crippen LogP contribution is 2.58. The van der Waals surface area contributed by atoms with Crippen LogP contribution in [0.3, 0.4) is 0 Å². The molecule has 0 radical (unpaired) electrons. The van der Waals surface area contributed by atoms with Gasteiger partial charge in [-0.25, -0.2) is 19.7 Å². The zero-order valence-corrected chi connectivity index (χ0v) is 29.4. The molecule has 1 aliphatic heterocycles. The van der Waals surface area contributed by atoms with Crippen LogP contribution in [0.4, 0.5) is 23.8 Å². The number of halogens is 3. The number of fused-ring (bicyclic) bond motifs is 1. The maximum Gasteiger partial charge on any atom is 0.410 e. The second-order valence-corrected chi connectivity index (χ2v) is 14.2. The van der Waals surface area contributed by atoms with Crippen LogP contribution < -0.4 is 10.2 Å². The summed E-state index contributed by atoms with van der Waals surface area (Å²) in [6.45, 7) is 11.6. The van der Waals surface area contributed by atoms with Gasteiger partial charge in [0.1, 0.15) is 28.3 Å². The van der Waals surface area contributed by atoms with Crippen molar-refractivity contribution in [3.8, 4) is 22.6 Å². The minimum Gasteiger partial charge on any atom is -0.444 e. The van der Waals surface area contributed by atoms with Gasteiger partial charge in [0.2, 0.25) is 5.89 Å². The number of aromatic nitrogens is 6. The van der Waals surface area contributed by atoms with Gasteiger partial charge in [0.15, 0.2) is 0 Å². The molecule has 0 unspecified atom stereocenters. The zero-order chi connectivity index (χ0) is 37.0. The molecule has 7 rings (SSSR count). The van der Waals surface area contributed by atoms with Crippen LogP contribution in [-0.4, -0.2) is 84.3 Å². The minimum atomic E-state index is -4.53. The van der Waals surface area contributed by atoms with Crippen molar-refractivity contribution < 1.29 is 32.0 Å². The molecule has 0 spiro atoms. The molecule has 5 heterocycles. The number of piperazine rings is 1. The number of carbonyl (C=O) groups excluding carboxylic acids is 2. The fourth-order valence-corrected chi connectivity index (χ4v) is 6.34. The standard InChI is InChI=1S/C36H38F3N9O4/c1-21-18-23(6-8-25(21)22(2)42-31(49)29-44-32(52-45-29)35(10-11-35)36(37,38)39)30-43-26(19-28-40-12-13-48(28)30)24-7-9-27(41-20-24)46-14-16-47(17-15-46)33(50)51-34(3,4)5/h6-9,12-13,18-20,22H,10-11,14-17H2,1-5H3,(H,42,49)/t22-/m1/s1. The van der Waals surface area contributed by atoms with Crippen LogP contribution in [0.25, 0.3) is 28.3 Å². The summed E-state index contributed by atoms with van der Waals surface area (Å²) in [6, 6.07) is 11.0. The Balaban J connectivity index is 1.05. The molecule has 1 saturated carbocycles. The number of anilines is 1. The first-order chi connectivity index (χ1) is 24.6.